The van der Waals surface area contributed by atoms with Gasteiger partial charge in [0.25, 0.3) is 5.91 Å². The van der Waals surface area contributed by atoms with Crippen LogP contribution in [0.5, 0.6) is 0 Å². The number of carbonyl (C=O) groups is 1. The maximum absolute atomic E-state index is 12.2. The van der Waals surface area contributed by atoms with Crippen LogP contribution < -0.4 is 5.32 Å². The van der Waals surface area contributed by atoms with E-state index in [1.165, 1.54) is 12.8 Å². The highest BCUT2D eigenvalue weighted by molar-refractivity contribution is 6.30. The molecule has 2 aliphatic rings. The van der Waals surface area contributed by atoms with E-state index < -0.39 is 0 Å². The van der Waals surface area contributed by atoms with Gasteiger partial charge in [0.05, 0.1) is 18.8 Å². The van der Waals surface area contributed by atoms with Crippen LogP contribution >= 0.6 is 11.6 Å². The molecule has 23 heavy (non-hydrogen) atoms. The predicted octanol–water partition coefficient (Wildman–Crippen LogP) is 2.34. The monoisotopic (exact) mass is 332 g/mol. The van der Waals surface area contributed by atoms with E-state index in [4.69, 9.17) is 16.3 Å². The fourth-order valence-corrected chi connectivity index (χ4v) is 2.84. The molecule has 2 heterocycles. The first-order valence-electron chi connectivity index (χ1n) is 7.78. The maximum atomic E-state index is 12.2. The zero-order valence-corrected chi connectivity index (χ0v) is 13.3. The number of halogens is 1. The average molecular weight is 333 g/mol. The molecule has 1 aliphatic carbocycles. The number of amides is 1. The zero-order chi connectivity index (χ0) is 15.8. The number of nitrogens with one attached hydrogen (secondary N) is 1. The molecule has 1 saturated carbocycles. The molecule has 0 saturated heterocycles. The van der Waals surface area contributed by atoms with E-state index in [1.807, 2.05) is 24.3 Å². The van der Waals surface area contributed by atoms with Crippen LogP contribution in [-0.4, -0.2) is 27.4 Å². The first kappa shape index (κ1) is 14.7. The van der Waals surface area contributed by atoms with E-state index in [9.17, 15) is 4.79 Å². The number of hydrogen-bond acceptors (Lipinski definition) is 4. The summed E-state index contributed by atoms with van der Waals surface area (Å²) in [6.07, 6.45) is 2.29. The Morgan fingerprint density at radius 1 is 1.35 bits per heavy atom. The topological polar surface area (TPSA) is 69.0 Å². The summed E-state index contributed by atoms with van der Waals surface area (Å²) in [5, 5.41) is 11.8. The van der Waals surface area contributed by atoms with Gasteiger partial charge in [-0.3, -0.25) is 4.79 Å². The minimum absolute atomic E-state index is 0.108. The van der Waals surface area contributed by atoms with Gasteiger partial charge in [-0.25, -0.2) is 4.68 Å². The van der Waals surface area contributed by atoms with E-state index in [1.54, 1.807) is 4.68 Å². The van der Waals surface area contributed by atoms with Gasteiger partial charge in [-0.2, -0.15) is 0 Å². The van der Waals surface area contributed by atoms with Crippen molar-refractivity contribution in [3.05, 3.63) is 46.2 Å². The molecule has 0 spiro atoms. The lowest BCUT2D eigenvalue weighted by Crippen LogP contribution is -2.28. The van der Waals surface area contributed by atoms with E-state index in [0.717, 1.165) is 17.8 Å². The summed E-state index contributed by atoms with van der Waals surface area (Å²) in [7, 11) is 0. The highest BCUT2D eigenvalue weighted by Crippen LogP contribution is 2.29. The molecule has 1 atom stereocenters. The Morgan fingerprint density at radius 2 is 2.13 bits per heavy atom. The molecule has 120 valence electrons. The zero-order valence-electron chi connectivity index (χ0n) is 12.5. The van der Waals surface area contributed by atoms with E-state index in [0.29, 0.717) is 29.8 Å². The lowest BCUT2D eigenvalue weighted by Gasteiger charge is -2.24. The first-order chi connectivity index (χ1) is 11.2. The molecule has 4 rings (SSSR count). The molecule has 1 aromatic carbocycles. The lowest BCUT2D eigenvalue weighted by molar-refractivity contribution is -0.00176. The van der Waals surface area contributed by atoms with Crippen molar-refractivity contribution >= 4 is 17.5 Å². The minimum atomic E-state index is -0.160. The molecular formula is C16H17ClN4O2. The summed E-state index contributed by atoms with van der Waals surface area (Å²) >= 11 is 5.91. The molecule has 7 heteroatoms. The van der Waals surface area contributed by atoms with Crippen molar-refractivity contribution in [1.82, 2.24) is 20.3 Å². The molecule has 1 fully saturated rings. The largest absolute Gasteiger partial charge is 0.365 e. The van der Waals surface area contributed by atoms with Crippen molar-refractivity contribution in [3.63, 3.8) is 0 Å². The van der Waals surface area contributed by atoms with E-state index in [2.05, 4.69) is 15.6 Å². The SMILES string of the molecule is O=C(NCC1CC1)c1nnn2c1COC(c1ccc(Cl)cc1)C2. The molecule has 1 unspecified atom stereocenters. The maximum Gasteiger partial charge on any atom is 0.273 e. The highest BCUT2D eigenvalue weighted by Gasteiger charge is 2.28. The van der Waals surface area contributed by atoms with Crippen LogP contribution in [0.15, 0.2) is 24.3 Å². The minimum Gasteiger partial charge on any atom is -0.365 e. The number of benzene rings is 1. The van der Waals surface area contributed by atoms with Gasteiger partial charge in [0, 0.05) is 11.6 Å². The van der Waals surface area contributed by atoms with Crippen LogP contribution in [0.3, 0.4) is 0 Å². The number of aromatic nitrogens is 3. The van der Waals surface area contributed by atoms with Crippen LogP contribution in [-0.2, 0) is 17.9 Å². The van der Waals surface area contributed by atoms with Gasteiger partial charge in [0.1, 0.15) is 6.10 Å². The van der Waals surface area contributed by atoms with Crippen LogP contribution in [0.2, 0.25) is 5.02 Å². The standard InChI is InChI=1S/C16H17ClN4O2/c17-12-5-3-11(4-6-12)14-8-21-13(9-23-14)15(19-20-21)16(22)18-7-10-1-2-10/h3-6,10,14H,1-2,7-9H2,(H,18,22). The highest BCUT2D eigenvalue weighted by atomic mass is 35.5. The van der Waals surface area contributed by atoms with Crippen molar-refractivity contribution in [3.8, 4) is 0 Å². The molecule has 1 aromatic heterocycles. The summed E-state index contributed by atoms with van der Waals surface area (Å²) < 4.78 is 7.65. The molecule has 6 nitrogen and oxygen atoms in total. The van der Waals surface area contributed by atoms with Crippen LogP contribution in [0.25, 0.3) is 0 Å². The average Bonchev–Trinajstić information content (AvgIpc) is 3.30. The summed E-state index contributed by atoms with van der Waals surface area (Å²) in [5.74, 6) is 0.475. The van der Waals surface area contributed by atoms with Gasteiger partial charge in [-0.15, -0.1) is 5.10 Å². The molecule has 0 radical (unpaired) electrons. The van der Waals surface area contributed by atoms with E-state index in [-0.39, 0.29) is 12.0 Å². The molecule has 1 aliphatic heterocycles. The summed E-state index contributed by atoms with van der Waals surface area (Å²) in [6, 6.07) is 7.57. The smallest absolute Gasteiger partial charge is 0.273 e. The van der Waals surface area contributed by atoms with Crippen molar-refractivity contribution in [1.29, 1.82) is 0 Å². The Hall–Kier alpha value is -1.92. The first-order valence-corrected chi connectivity index (χ1v) is 8.16. The van der Waals surface area contributed by atoms with Crippen molar-refractivity contribution in [2.75, 3.05) is 6.54 Å². The van der Waals surface area contributed by atoms with Crippen LogP contribution in [0.1, 0.15) is 40.7 Å². The third kappa shape index (κ3) is 3.09. The molecule has 0 bridgehead atoms. The Balaban J connectivity index is 1.47. The Morgan fingerprint density at radius 3 is 2.87 bits per heavy atom. The number of fused-ring (bicyclic) bond motifs is 1. The van der Waals surface area contributed by atoms with Crippen LogP contribution in [0.4, 0.5) is 0 Å². The van der Waals surface area contributed by atoms with Gasteiger partial charge >= 0.3 is 0 Å². The van der Waals surface area contributed by atoms with Crippen LogP contribution in [0, 0.1) is 5.92 Å². The molecular weight excluding hydrogens is 316 g/mol. The molecule has 1 amide bonds. The number of rotatable bonds is 4. The third-order valence-electron chi connectivity index (χ3n) is 4.30. The van der Waals surface area contributed by atoms with Crippen molar-refractivity contribution < 1.29 is 9.53 Å². The quantitative estimate of drug-likeness (QED) is 0.933. The molecule has 1 N–H and O–H groups in total. The Kier molecular flexibility index (Phi) is 3.79. The second kappa shape index (κ2) is 5.94. The van der Waals surface area contributed by atoms with Crippen molar-refractivity contribution in [2.45, 2.75) is 32.1 Å². The van der Waals surface area contributed by atoms with E-state index >= 15 is 0 Å². The number of ether oxygens (including phenoxy) is 1. The summed E-state index contributed by atoms with van der Waals surface area (Å²) in [5.41, 5.74) is 2.15. The second-order valence-electron chi connectivity index (χ2n) is 6.07. The lowest BCUT2D eigenvalue weighted by atomic mass is 10.1. The van der Waals surface area contributed by atoms with Gasteiger partial charge < -0.3 is 10.1 Å². The number of carbonyl (C=O) groups excluding carboxylic acids is 1. The fourth-order valence-electron chi connectivity index (χ4n) is 2.71. The predicted molar refractivity (Wildman–Crippen MR) is 84.1 cm³/mol. The second-order valence-corrected chi connectivity index (χ2v) is 6.51. The Labute approximate surface area is 138 Å². The summed E-state index contributed by atoms with van der Waals surface area (Å²) in [4.78, 5) is 12.2. The third-order valence-corrected chi connectivity index (χ3v) is 4.55. The fraction of sp³-hybridized carbons (Fsp3) is 0.438. The van der Waals surface area contributed by atoms with Gasteiger partial charge in [-0.05, 0) is 36.5 Å². The number of hydrogen-bond donors (Lipinski definition) is 1. The van der Waals surface area contributed by atoms with Crippen molar-refractivity contribution in [2.24, 2.45) is 5.92 Å². The van der Waals surface area contributed by atoms with Gasteiger partial charge in [-0.1, -0.05) is 28.9 Å². The number of nitrogens with zero attached hydrogens (tertiary/aromatic N) is 3. The Bertz CT molecular complexity index is 724. The normalized spacial score (nSPS) is 20.1. The molecule has 2 aromatic rings. The van der Waals surface area contributed by atoms with Gasteiger partial charge in [0.2, 0.25) is 0 Å². The van der Waals surface area contributed by atoms with Gasteiger partial charge in [0.15, 0.2) is 5.69 Å². The summed E-state index contributed by atoms with van der Waals surface area (Å²) in [6.45, 7) is 1.59.